The smallest absolute Gasteiger partial charge is 0.337 e. The van der Waals surface area contributed by atoms with E-state index in [-0.39, 0.29) is 12.3 Å². The zero-order chi connectivity index (χ0) is 18.5. The third-order valence-electron chi connectivity index (χ3n) is 3.69. The number of nitrogens with one attached hydrogen (secondary N) is 1. The highest BCUT2D eigenvalue weighted by Gasteiger charge is 2.14. The van der Waals surface area contributed by atoms with Crippen LogP contribution in [0.1, 0.15) is 28.4 Å². The number of methoxy groups -OCH3 is 1. The Labute approximate surface area is 149 Å². The molecule has 26 heavy (non-hydrogen) atoms. The number of aryl methyl sites for hydroxylation is 2. The van der Waals surface area contributed by atoms with E-state index in [1.807, 2.05) is 0 Å². The van der Waals surface area contributed by atoms with Crippen LogP contribution in [0.5, 0.6) is 0 Å². The van der Waals surface area contributed by atoms with E-state index < -0.39 is 5.97 Å². The number of ether oxygens (including phenoxy) is 1. The average Bonchev–Trinajstić information content (AvgIpc) is 3.28. The Morgan fingerprint density at radius 1 is 1.23 bits per heavy atom. The highest BCUT2D eigenvalue weighted by atomic mass is 16.5. The van der Waals surface area contributed by atoms with Crippen LogP contribution < -0.4 is 5.32 Å². The summed E-state index contributed by atoms with van der Waals surface area (Å²) in [5.41, 5.74) is 1.60. The molecule has 0 bridgehead atoms. The summed E-state index contributed by atoms with van der Waals surface area (Å²) in [6.07, 6.45) is 2.01. The number of benzene rings is 1. The average molecular weight is 355 g/mol. The third-order valence-corrected chi connectivity index (χ3v) is 3.69. The van der Waals surface area contributed by atoms with Gasteiger partial charge in [0.25, 0.3) is 5.89 Å². The van der Waals surface area contributed by atoms with Crippen LogP contribution in [0, 0.1) is 6.92 Å². The number of hydrogen-bond donors (Lipinski definition) is 1. The van der Waals surface area contributed by atoms with Crippen molar-refractivity contribution in [2.45, 2.75) is 19.8 Å². The largest absolute Gasteiger partial charge is 0.469 e. The lowest BCUT2D eigenvalue weighted by atomic mass is 10.2. The molecule has 3 aromatic rings. The highest BCUT2D eigenvalue weighted by Crippen LogP contribution is 2.23. The van der Waals surface area contributed by atoms with Gasteiger partial charge in [0.15, 0.2) is 0 Å². The minimum absolute atomic E-state index is 0.161. The van der Waals surface area contributed by atoms with Gasteiger partial charge < -0.3 is 18.9 Å². The monoisotopic (exact) mass is 355 g/mol. The normalized spacial score (nSPS) is 10.5. The first-order chi connectivity index (χ1) is 12.6. The number of carbonyl (C=O) groups is 2. The van der Waals surface area contributed by atoms with Gasteiger partial charge >= 0.3 is 5.97 Å². The minimum Gasteiger partial charge on any atom is -0.469 e. The molecule has 0 aliphatic rings. The number of esters is 1. The van der Waals surface area contributed by atoms with Crippen molar-refractivity contribution in [2.24, 2.45) is 0 Å². The highest BCUT2D eigenvalue weighted by molar-refractivity contribution is 5.94. The first-order valence-electron chi connectivity index (χ1n) is 7.92. The molecule has 8 nitrogen and oxygen atoms in total. The van der Waals surface area contributed by atoms with E-state index in [2.05, 4.69) is 20.3 Å². The number of nitrogens with zero attached hydrogens (tertiary/aromatic N) is 2. The molecule has 3 rings (SSSR count). The van der Waals surface area contributed by atoms with E-state index in [9.17, 15) is 9.59 Å². The summed E-state index contributed by atoms with van der Waals surface area (Å²) in [6.45, 7) is 1.80. The summed E-state index contributed by atoms with van der Waals surface area (Å²) in [6, 6.07) is 8.26. The van der Waals surface area contributed by atoms with Crippen LogP contribution in [0.4, 0.5) is 5.69 Å². The lowest BCUT2D eigenvalue weighted by molar-refractivity contribution is -0.116. The molecule has 0 aliphatic heterocycles. The van der Waals surface area contributed by atoms with Crippen molar-refractivity contribution in [1.82, 2.24) is 10.2 Å². The van der Waals surface area contributed by atoms with Crippen LogP contribution in [0.25, 0.3) is 11.5 Å². The van der Waals surface area contributed by atoms with Gasteiger partial charge in [0.05, 0.1) is 24.5 Å². The van der Waals surface area contributed by atoms with Crippen molar-refractivity contribution in [3.8, 4) is 11.5 Å². The predicted octanol–water partition coefficient (Wildman–Crippen LogP) is 3.00. The second-order valence-electron chi connectivity index (χ2n) is 5.51. The number of carbonyl (C=O) groups excluding carboxylic acids is 2. The van der Waals surface area contributed by atoms with Gasteiger partial charge in [-0.2, -0.15) is 0 Å². The Morgan fingerprint density at radius 3 is 2.81 bits per heavy atom. The number of anilines is 1. The molecule has 1 N–H and O–H groups in total. The molecular formula is C18H17N3O5. The summed E-state index contributed by atoms with van der Waals surface area (Å²) in [7, 11) is 1.30. The van der Waals surface area contributed by atoms with Gasteiger partial charge in [-0.15, -0.1) is 10.2 Å². The molecule has 0 unspecified atom stereocenters. The minimum atomic E-state index is -0.464. The number of aromatic nitrogens is 2. The van der Waals surface area contributed by atoms with E-state index in [0.29, 0.717) is 35.2 Å². The van der Waals surface area contributed by atoms with E-state index in [4.69, 9.17) is 8.83 Å². The summed E-state index contributed by atoms with van der Waals surface area (Å²) in [5.74, 6) is 0.709. The third kappa shape index (κ3) is 3.97. The molecule has 0 saturated heterocycles. The lowest BCUT2D eigenvalue weighted by Crippen LogP contribution is -2.13. The van der Waals surface area contributed by atoms with Crippen molar-refractivity contribution < 1.29 is 23.2 Å². The standard InChI is InChI=1S/C18H17N3O5/c1-11-14(8-9-25-11)17-21-20-16(26-17)7-6-15(22)19-13-5-3-4-12(10-13)18(23)24-2/h3-5,8-10H,6-7H2,1-2H3,(H,19,22). The van der Waals surface area contributed by atoms with Gasteiger partial charge in [-0.05, 0) is 31.2 Å². The van der Waals surface area contributed by atoms with Crippen molar-refractivity contribution in [1.29, 1.82) is 0 Å². The maximum absolute atomic E-state index is 12.1. The lowest BCUT2D eigenvalue weighted by Gasteiger charge is -2.06. The van der Waals surface area contributed by atoms with Crippen molar-refractivity contribution >= 4 is 17.6 Å². The summed E-state index contributed by atoms with van der Waals surface area (Å²) in [4.78, 5) is 23.6. The van der Waals surface area contributed by atoms with Crippen molar-refractivity contribution in [2.75, 3.05) is 12.4 Å². The summed E-state index contributed by atoms with van der Waals surface area (Å²) >= 11 is 0. The zero-order valence-corrected chi connectivity index (χ0v) is 14.3. The molecule has 134 valence electrons. The Morgan fingerprint density at radius 2 is 2.08 bits per heavy atom. The number of rotatable bonds is 6. The number of hydrogen-bond acceptors (Lipinski definition) is 7. The van der Waals surface area contributed by atoms with Crippen LogP contribution in [-0.2, 0) is 16.0 Å². The maximum atomic E-state index is 12.1. The molecule has 8 heteroatoms. The number of furan rings is 1. The van der Waals surface area contributed by atoms with Gasteiger partial charge in [-0.1, -0.05) is 6.07 Å². The van der Waals surface area contributed by atoms with Gasteiger partial charge in [-0.25, -0.2) is 4.79 Å². The predicted molar refractivity (Wildman–Crippen MR) is 91.5 cm³/mol. The molecule has 0 radical (unpaired) electrons. The van der Waals surface area contributed by atoms with Crippen LogP contribution in [0.15, 0.2) is 45.4 Å². The Bertz CT molecular complexity index is 928. The molecule has 1 aromatic carbocycles. The maximum Gasteiger partial charge on any atom is 0.337 e. The van der Waals surface area contributed by atoms with Crippen molar-refractivity contribution in [3.63, 3.8) is 0 Å². The Balaban J connectivity index is 1.57. The molecule has 0 aliphatic carbocycles. The SMILES string of the molecule is COC(=O)c1cccc(NC(=O)CCc2nnc(-c3ccoc3C)o2)c1. The Hall–Kier alpha value is -3.42. The molecule has 0 spiro atoms. The fraction of sp³-hybridized carbons (Fsp3) is 0.222. The summed E-state index contributed by atoms with van der Waals surface area (Å²) < 4.78 is 15.4. The molecule has 0 saturated carbocycles. The quantitative estimate of drug-likeness (QED) is 0.677. The zero-order valence-electron chi connectivity index (χ0n) is 14.3. The molecular weight excluding hydrogens is 338 g/mol. The van der Waals surface area contributed by atoms with Gasteiger partial charge in [0.1, 0.15) is 5.76 Å². The van der Waals surface area contributed by atoms with Crippen LogP contribution in [-0.4, -0.2) is 29.2 Å². The first-order valence-corrected chi connectivity index (χ1v) is 7.92. The van der Waals surface area contributed by atoms with E-state index >= 15 is 0 Å². The fourth-order valence-corrected chi connectivity index (χ4v) is 2.36. The second kappa shape index (κ2) is 7.64. The topological polar surface area (TPSA) is 107 Å². The number of amides is 1. The van der Waals surface area contributed by atoms with E-state index in [1.54, 1.807) is 43.5 Å². The van der Waals surface area contributed by atoms with E-state index in [1.165, 1.54) is 7.11 Å². The van der Waals surface area contributed by atoms with Crippen LogP contribution >= 0.6 is 0 Å². The first kappa shape index (κ1) is 17.4. The molecule has 2 aromatic heterocycles. The molecule has 2 heterocycles. The van der Waals surface area contributed by atoms with Crippen LogP contribution in [0.2, 0.25) is 0 Å². The summed E-state index contributed by atoms with van der Waals surface area (Å²) in [5, 5.41) is 10.6. The Kier molecular flexibility index (Phi) is 5.12. The van der Waals surface area contributed by atoms with Crippen LogP contribution in [0.3, 0.4) is 0 Å². The molecule has 0 atom stereocenters. The second-order valence-corrected chi connectivity index (χ2v) is 5.51. The van der Waals surface area contributed by atoms with Crippen molar-refractivity contribution in [3.05, 3.63) is 53.8 Å². The molecule has 0 fully saturated rings. The van der Waals surface area contributed by atoms with Gasteiger partial charge in [0, 0.05) is 18.5 Å². The molecule has 1 amide bonds. The van der Waals surface area contributed by atoms with E-state index in [0.717, 1.165) is 5.56 Å². The fourth-order valence-electron chi connectivity index (χ4n) is 2.36. The van der Waals surface area contributed by atoms with Gasteiger partial charge in [0.2, 0.25) is 11.8 Å². The van der Waals surface area contributed by atoms with Gasteiger partial charge in [-0.3, -0.25) is 4.79 Å².